The fourth-order valence-electron chi connectivity index (χ4n) is 0.638. The summed E-state index contributed by atoms with van der Waals surface area (Å²) in [5.74, 6) is 0.256. The average Bonchev–Trinajstić information content (AvgIpc) is 2.36. The van der Waals surface area contributed by atoms with Gasteiger partial charge in [0.05, 0.1) is 26.1 Å². The van der Waals surface area contributed by atoms with Gasteiger partial charge in [0.1, 0.15) is 13.2 Å². The van der Waals surface area contributed by atoms with Crippen molar-refractivity contribution in [2.75, 3.05) is 37.9 Å². The molecule has 0 rings (SSSR count). The third-order valence-corrected chi connectivity index (χ3v) is 1.79. The van der Waals surface area contributed by atoms with E-state index in [-0.39, 0.29) is 51.2 Å². The van der Waals surface area contributed by atoms with Crippen LogP contribution in [0.15, 0.2) is 0 Å². The number of thiol groups is 2. The van der Waals surface area contributed by atoms with Crippen LogP contribution in [0.25, 0.3) is 0 Å². The van der Waals surface area contributed by atoms with Crippen LogP contribution in [0.5, 0.6) is 0 Å². The molecular weight excluding hydrogens is 280 g/mol. The van der Waals surface area contributed by atoms with Crippen LogP contribution in [0.4, 0.5) is 0 Å². The topological polar surface area (TPSA) is 93.1 Å². The minimum absolute atomic E-state index is 0.102. The molecule has 0 fully saturated rings. The van der Waals surface area contributed by atoms with E-state index in [4.69, 9.17) is 19.7 Å². The second-order valence-corrected chi connectivity index (χ2v) is 3.73. The number of aliphatic hydroxyl groups excluding tert-OH is 2. The fourth-order valence-corrected chi connectivity index (χ4v) is 1.00. The van der Waals surface area contributed by atoms with Gasteiger partial charge in [0.15, 0.2) is 0 Å². The van der Waals surface area contributed by atoms with Crippen molar-refractivity contribution in [3.8, 4) is 0 Å². The zero-order valence-electron chi connectivity index (χ0n) is 10.1. The van der Waals surface area contributed by atoms with Gasteiger partial charge in [-0.25, -0.2) is 0 Å². The molecule has 0 spiro atoms. The Morgan fingerprint density at radius 1 is 0.833 bits per heavy atom. The zero-order valence-corrected chi connectivity index (χ0v) is 11.9. The van der Waals surface area contributed by atoms with E-state index < -0.39 is 0 Å². The van der Waals surface area contributed by atoms with E-state index in [2.05, 4.69) is 25.3 Å². The Balaban J connectivity index is 0. The summed E-state index contributed by atoms with van der Waals surface area (Å²) in [4.78, 5) is 21.6. The highest BCUT2D eigenvalue weighted by molar-refractivity contribution is 7.80. The highest BCUT2D eigenvalue weighted by atomic mass is 32.1. The van der Waals surface area contributed by atoms with Crippen LogP contribution in [0.1, 0.15) is 12.8 Å². The van der Waals surface area contributed by atoms with E-state index in [0.717, 1.165) is 0 Å². The molecule has 0 aliphatic rings. The van der Waals surface area contributed by atoms with Crippen molar-refractivity contribution in [1.29, 1.82) is 0 Å². The molecule has 0 radical (unpaired) electrons. The summed E-state index contributed by atoms with van der Waals surface area (Å²) in [6.45, 7) is -0.0458. The Morgan fingerprint density at radius 3 is 1.39 bits per heavy atom. The van der Waals surface area contributed by atoms with Gasteiger partial charge in [-0.05, 0) is 0 Å². The minimum Gasteiger partial charge on any atom is -0.462 e. The Bertz CT molecular complexity index is 191. The molecule has 2 N–H and O–H groups in total. The Hall–Kier alpha value is -0.440. The molecule has 0 saturated heterocycles. The molecule has 0 unspecified atom stereocenters. The quantitative estimate of drug-likeness (QED) is 0.279. The summed E-state index contributed by atoms with van der Waals surface area (Å²) in [5, 5.41) is 15.2. The van der Waals surface area contributed by atoms with E-state index in [1.54, 1.807) is 0 Å². The van der Waals surface area contributed by atoms with E-state index >= 15 is 0 Å². The predicted octanol–water partition coefficient (Wildman–Crippen LogP) is -0.316. The highest BCUT2D eigenvalue weighted by Gasteiger charge is 2.03. The van der Waals surface area contributed by atoms with Crippen LogP contribution in [0.2, 0.25) is 0 Å². The molecule has 0 saturated carbocycles. The molecule has 0 bridgehead atoms. The van der Waals surface area contributed by atoms with Gasteiger partial charge in [0.25, 0.3) is 0 Å². The first-order chi connectivity index (χ1) is 8.62. The number of aliphatic hydroxyl groups is 2. The number of hydrogen-bond donors (Lipinski definition) is 4. The highest BCUT2D eigenvalue weighted by Crippen LogP contribution is 1.91. The van der Waals surface area contributed by atoms with Crippen molar-refractivity contribution in [1.82, 2.24) is 0 Å². The maximum Gasteiger partial charge on any atom is 0.306 e. The molecule has 0 heterocycles. The molecule has 0 aromatic carbocycles. The molecule has 8 heteroatoms. The van der Waals surface area contributed by atoms with Gasteiger partial charge >= 0.3 is 11.9 Å². The van der Waals surface area contributed by atoms with Crippen LogP contribution in [-0.4, -0.2) is 60.1 Å². The SMILES string of the molecule is O=C(CCS)OCCOC(=O)CCS.OCCO. The summed E-state index contributed by atoms with van der Waals surface area (Å²) in [5.41, 5.74) is 0. The second-order valence-electron chi connectivity index (χ2n) is 2.84. The number of esters is 2. The molecule has 0 aromatic rings. The normalized spacial score (nSPS) is 9.11. The van der Waals surface area contributed by atoms with Gasteiger partial charge in [-0.15, -0.1) is 0 Å². The van der Waals surface area contributed by atoms with Crippen molar-refractivity contribution < 1.29 is 29.3 Å². The van der Waals surface area contributed by atoms with Crippen LogP contribution in [0, 0.1) is 0 Å². The molecule has 0 aliphatic heterocycles. The van der Waals surface area contributed by atoms with Gasteiger partial charge < -0.3 is 19.7 Å². The molecular formula is C10H20O6S2. The number of hydrogen-bond acceptors (Lipinski definition) is 8. The predicted molar refractivity (Wildman–Crippen MR) is 73.0 cm³/mol. The van der Waals surface area contributed by atoms with Crippen LogP contribution >= 0.6 is 25.3 Å². The number of ether oxygens (including phenoxy) is 2. The molecule has 0 aromatic heterocycles. The smallest absolute Gasteiger partial charge is 0.306 e. The summed E-state index contributed by atoms with van der Waals surface area (Å²) in [6, 6.07) is 0. The maximum atomic E-state index is 10.8. The first-order valence-corrected chi connectivity index (χ1v) is 6.63. The van der Waals surface area contributed by atoms with Crippen LogP contribution < -0.4 is 0 Å². The summed E-state index contributed by atoms with van der Waals surface area (Å²) >= 11 is 7.74. The molecule has 0 aliphatic carbocycles. The van der Waals surface area contributed by atoms with Crippen molar-refractivity contribution in [2.45, 2.75) is 12.8 Å². The fraction of sp³-hybridized carbons (Fsp3) is 0.800. The van der Waals surface area contributed by atoms with Crippen LogP contribution in [-0.2, 0) is 19.1 Å². The summed E-state index contributed by atoms with van der Waals surface area (Å²) in [7, 11) is 0. The van der Waals surface area contributed by atoms with E-state index in [9.17, 15) is 9.59 Å². The molecule has 108 valence electrons. The Morgan fingerprint density at radius 2 is 1.17 bits per heavy atom. The zero-order chi connectivity index (χ0) is 14.2. The first-order valence-electron chi connectivity index (χ1n) is 5.37. The largest absolute Gasteiger partial charge is 0.462 e. The van der Waals surface area contributed by atoms with Crippen molar-refractivity contribution in [2.24, 2.45) is 0 Å². The summed E-state index contributed by atoms with van der Waals surface area (Å²) < 4.78 is 9.45. The summed E-state index contributed by atoms with van der Waals surface area (Å²) in [6.07, 6.45) is 0.543. The van der Waals surface area contributed by atoms with Gasteiger partial charge in [0, 0.05) is 11.5 Å². The molecule has 0 atom stereocenters. The third kappa shape index (κ3) is 17.9. The molecule has 6 nitrogen and oxygen atoms in total. The second kappa shape index (κ2) is 16.6. The van der Waals surface area contributed by atoms with E-state index in [0.29, 0.717) is 11.5 Å². The minimum atomic E-state index is -0.328. The Labute approximate surface area is 117 Å². The average molecular weight is 300 g/mol. The lowest BCUT2D eigenvalue weighted by molar-refractivity contribution is -0.151. The first kappa shape index (κ1) is 19.9. The monoisotopic (exact) mass is 300 g/mol. The number of carbonyl (C=O) groups excluding carboxylic acids is 2. The lowest BCUT2D eigenvalue weighted by Crippen LogP contribution is -2.14. The third-order valence-electron chi connectivity index (χ3n) is 1.34. The van der Waals surface area contributed by atoms with Gasteiger partial charge in [-0.2, -0.15) is 25.3 Å². The lowest BCUT2D eigenvalue weighted by Gasteiger charge is -2.04. The van der Waals surface area contributed by atoms with Crippen molar-refractivity contribution in [3.05, 3.63) is 0 Å². The van der Waals surface area contributed by atoms with Crippen LogP contribution in [0.3, 0.4) is 0 Å². The number of rotatable bonds is 8. The van der Waals surface area contributed by atoms with E-state index in [1.807, 2.05) is 0 Å². The number of carbonyl (C=O) groups is 2. The van der Waals surface area contributed by atoms with E-state index in [1.165, 1.54) is 0 Å². The maximum absolute atomic E-state index is 10.8. The van der Waals surface area contributed by atoms with Gasteiger partial charge in [0.2, 0.25) is 0 Å². The Kier molecular flexibility index (Phi) is 18.3. The lowest BCUT2D eigenvalue weighted by atomic mass is 10.5. The molecule has 18 heavy (non-hydrogen) atoms. The van der Waals surface area contributed by atoms with Crippen molar-refractivity contribution in [3.63, 3.8) is 0 Å². The van der Waals surface area contributed by atoms with Gasteiger partial charge in [-0.1, -0.05) is 0 Å². The van der Waals surface area contributed by atoms with Gasteiger partial charge in [-0.3, -0.25) is 9.59 Å². The standard InChI is InChI=1S/C8H14O4S2.C2H6O2/c9-7(1-5-13)11-3-4-12-8(10)2-6-14;3-1-2-4/h13-14H,1-6H2;3-4H,1-2H2. The van der Waals surface area contributed by atoms with Crippen molar-refractivity contribution >= 4 is 37.2 Å². The molecule has 0 amide bonds.